The van der Waals surface area contributed by atoms with Crippen molar-refractivity contribution < 1.29 is 9.59 Å². The van der Waals surface area contributed by atoms with Gasteiger partial charge in [-0.1, -0.05) is 12.1 Å². The van der Waals surface area contributed by atoms with Crippen LogP contribution in [-0.4, -0.2) is 48.6 Å². The molecule has 1 aromatic carbocycles. The van der Waals surface area contributed by atoms with Crippen LogP contribution in [0.3, 0.4) is 0 Å². The van der Waals surface area contributed by atoms with Crippen molar-refractivity contribution in [2.75, 3.05) is 31.9 Å². The van der Waals surface area contributed by atoms with Crippen molar-refractivity contribution in [3.8, 4) is 0 Å². The molecule has 1 aliphatic heterocycles. The Labute approximate surface area is 122 Å². The molecule has 2 amide bonds. The van der Waals surface area contributed by atoms with E-state index in [9.17, 15) is 9.59 Å². The molecule has 1 aromatic rings. The van der Waals surface area contributed by atoms with Crippen molar-refractivity contribution in [2.24, 2.45) is 5.73 Å². The van der Waals surface area contributed by atoms with E-state index in [1.165, 1.54) is 11.8 Å². The molecule has 0 aromatic heterocycles. The van der Waals surface area contributed by atoms with Crippen LogP contribution in [0.4, 0.5) is 0 Å². The van der Waals surface area contributed by atoms with Crippen molar-refractivity contribution in [1.29, 1.82) is 0 Å². The summed E-state index contributed by atoms with van der Waals surface area (Å²) in [6.45, 7) is 3.25. The van der Waals surface area contributed by atoms with Crippen molar-refractivity contribution in [1.82, 2.24) is 10.2 Å². The topological polar surface area (TPSA) is 75.4 Å². The van der Waals surface area contributed by atoms with Gasteiger partial charge in [-0.25, -0.2) is 0 Å². The maximum absolute atomic E-state index is 12.6. The number of nitrogens with two attached hydrogens (primary N) is 1. The molecule has 108 valence electrons. The highest BCUT2D eigenvalue weighted by Gasteiger charge is 2.19. The van der Waals surface area contributed by atoms with Crippen LogP contribution in [0.2, 0.25) is 0 Å². The first kappa shape index (κ1) is 14.9. The fourth-order valence-corrected chi connectivity index (χ4v) is 2.92. The number of nitrogens with one attached hydrogen (secondary N) is 1. The summed E-state index contributed by atoms with van der Waals surface area (Å²) in [5, 5.41) is 3.28. The van der Waals surface area contributed by atoms with Gasteiger partial charge in [-0.2, -0.15) is 0 Å². The van der Waals surface area contributed by atoms with Crippen molar-refractivity contribution in [3.05, 3.63) is 29.8 Å². The third-order valence-electron chi connectivity index (χ3n) is 3.11. The molecule has 6 heteroatoms. The molecule has 0 atom stereocenters. The fraction of sp³-hybridized carbons (Fsp3) is 0.429. The van der Waals surface area contributed by atoms with Crippen molar-refractivity contribution >= 4 is 23.6 Å². The van der Waals surface area contributed by atoms with Gasteiger partial charge in [0.05, 0.1) is 11.3 Å². The zero-order valence-corrected chi connectivity index (χ0v) is 12.1. The number of benzene rings is 1. The molecule has 3 N–H and O–H groups in total. The maximum atomic E-state index is 12.6. The lowest BCUT2D eigenvalue weighted by atomic mass is 10.2. The number of nitrogens with zero attached hydrogens (tertiary/aromatic N) is 1. The molecule has 0 unspecified atom stereocenters. The van der Waals surface area contributed by atoms with Gasteiger partial charge in [-0.3, -0.25) is 9.59 Å². The Hall–Kier alpha value is -1.53. The van der Waals surface area contributed by atoms with E-state index in [4.69, 9.17) is 5.73 Å². The minimum atomic E-state index is -0.378. The molecule has 20 heavy (non-hydrogen) atoms. The van der Waals surface area contributed by atoms with Crippen LogP contribution in [0.1, 0.15) is 16.8 Å². The highest BCUT2D eigenvalue weighted by molar-refractivity contribution is 8.00. The zero-order chi connectivity index (χ0) is 14.4. The lowest BCUT2D eigenvalue weighted by Gasteiger charge is -2.21. The summed E-state index contributed by atoms with van der Waals surface area (Å²) in [6.07, 6.45) is 0.961. The quantitative estimate of drug-likeness (QED) is 0.801. The van der Waals surface area contributed by atoms with Crippen LogP contribution in [0.25, 0.3) is 0 Å². The average Bonchev–Trinajstić information content (AvgIpc) is 2.73. The molecule has 1 aliphatic rings. The van der Waals surface area contributed by atoms with Gasteiger partial charge < -0.3 is 16.0 Å². The van der Waals surface area contributed by atoms with Crippen LogP contribution in [0, 0.1) is 0 Å². The number of amides is 2. The van der Waals surface area contributed by atoms with Gasteiger partial charge in [0, 0.05) is 24.5 Å². The maximum Gasteiger partial charge on any atom is 0.255 e. The summed E-state index contributed by atoms with van der Waals surface area (Å²) < 4.78 is 0. The number of carbonyl (C=O) groups excluding carboxylic acids is 2. The number of rotatable bonds is 4. The number of thioether (sulfide) groups is 1. The van der Waals surface area contributed by atoms with E-state index in [-0.39, 0.29) is 17.6 Å². The first-order valence-corrected chi connectivity index (χ1v) is 7.67. The van der Waals surface area contributed by atoms with Gasteiger partial charge in [0.1, 0.15) is 0 Å². The molecule has 1 saturated heterocycles. The summed E-state index contributed by atoms with van der Waals surface area (Å²) in [6, 6.07) is 7.38. The van der Waals surface area contributed by atoms with Gasteiger partial charge in [-0.15, -0.1) is 11.8 Å². The highest BCUT2D eigenvalue weighted by Crippen LogP contribution is 2.23. The smallest absolute Gasteiger partial charge is 0.255 e. The molecule has 0 saturated carbocycles. The molecule has 2 rings (SSSR count). The van der Waals surface area contributed by atoms with E-state index in [2.05, 4.69) is 5.32 Å². The number of hydrogen-bond donors (Lipinski definition) is 2. The minimum Gasteiger partial charge on any atom is -0.369 e. The lowest BCUT2D eigenvalue weighted by molar-refractivity contribution is -0.115. The molecule has 0 aliphatic carbocycles. The first-order chi connectivity index (χ1) is 9.68. The summed E-state index contributed by atoms with van der Waals surface area (Å²) in [5.41, 5.74) is 5.82. The molecular weight excluding hydrogens is 274 g/mol. The van der Waals surface area contributed by atoms with Crippen molar-refractivity contribution in [2.45, 2.75) is 11.3 Å². The Morgan fingerprint density at radius 2 is 2.05 bits per heavy atom. The highest BCUT2D eigenvalue weighted by atomic mass is 32.2. The van der Waals surface area contributed by atoms with Crippen LogP contribution < -0.4 is 11.1 Å². The van der Waals surface area contributed by atoms with Crippen LogP contribution in [-0.2, 0) is 4.79 Å². The third-order valence-corrected chi connectivity index (χ3v) is 4.21. The van der Waals surface area contributed by atoms with Crippen LogP contribution in [0.5, 0.6) is 0 Å². The van der Waals surface area contributed by atoms with Gasteiger partial charge in [0.15, 0.2) is 0 Å². The second kappa shape index (κ2) is 7.31. The van der Waals surface area contributed by atoms with Gasteiger partial charge in [0.25, 0.3) is 5.91 Å². The summed E-state index contributed by atoms with van der Waals surface area (Å²) >= 11 is 1.32. The molecule has 0 spiro atoms. The molecule has 1 heterocycles. The predicted molar refractivity (Wildman–Crippen MR) is 79.8 cm³/mol. The second-order valence-corrected chi connectivity index (χ2v) is 5.66. The standard InChI is InChI=1S/C14H19N3O2S/c15-13(18)10-20-12-5-2-1-4-11(12)14(19)17-8-3-6-16-7-9-17/h1-2,4-5,16H,3,6-10H2,(H2,15,18). The van der Waals surface area contributed by atoms with E-state index >= 15 is 0 Å². The molecule has 0 bridgehead atoms. The van der Waals surface area contributed by atoms with Crippen molar-refractivity contribution in [3.63, 3.8) is 0 Å². The Morgan fingerprint density at radius 3 is 2.85 bits per heavy atom. The Bertz CT molecular complexity index is 485. The van der Waals surface area contributed by atoms with E-state index < -0.39 is 0 Å². The Morgan fingerprint density at radius 1 is 1.25 bits per heavy atom. The van der Waals surface area contributed by atoms with Crippen LogP contribution >= 0.6 is 11.8 Å². The van der Waals surface area contributed by atoms with E-state index in [1.54, 1.807) is 0 Å². The Balaban J connectivity index is 2.13. The fourth-order valence-electron chi connectivity index (χ4n) is 2.14. The van der Waals surface area contributed by atoms with Gasteiger partial charge >= 0.3 is 0 Å². The van der Waals surface area contributed by atoms with Gasteiger partial charge in [-0.05, 0) is 25.1 Å². The summed E-state index contributed by atoms with van der Waals surface area (Å²) in [4.78, 5) is 26.2. The van der Waals surface area contributed by atoms with E-state index in [0.29, 0.717) is 12.1 Å². The normalized spacial score (nSPS) is 15.7. The molecule has 0 radical (unpaired) electrons. The molecule has 1 fully saturated rings. The van der Waals surface area contributed by atoms with E-state index in [0.717, 1.165) is 31.0 Å². The monoisotopic (exact) mass is 293 g/mol. The van der Waals surface area contributed by atoms with Crippen LogP contribution in [0.15, 0.2) is 29.2 Å². The molecular formula is C14H19N3O2S. The second-order valence-electron chi connectivity index (χ2n) is 4.65. The largest absolute Gasteiger partial charge is 0.369 e. The third kappa shape index (κ3) is 3.98. The van der Waals surface area contributed by atoms with Gasteiger partial charge in [0.2, 0.25) is 5.91 Å². The average molecular weight is 293 g/mol. The Kier molecular flexibility index (Phi) is 5.43. The lowest BCUT2D eigenvalue weighted by Crippen LogP contribution is -2.34. The number of hydrogen-bond acceptors (Lipinski definition) is 4. The minimum absolute atomic E-state index is 0.0290. The summed E-state index contributed by atoms with van der Waals surface area (Å²) in [5.74, 6) is -0.163. The number of primary amides is 1. The first-order valence-electron chi connectivity index (χ1n) is 6.68. The molecule has 5 nitrogen and oxygen atoms in total. The van der Waals surface area contributed by atoms with E-state index in [1.807, 2.05) is 29.2 Å². The summed E-state index contributed by atoms with van der Waals surface area (Å²) in [7, 11) is 0. The predicted octanol–water partition coefficient (Wildman–Crippen LogP) is 0.700. The SMILES string of the molecule is NC(=O)CSc1ccccc1C(=O)N1CCCNCC1. The zero-order valence-electron chi connectivity index (χ0n) is 11.3. The number of carbonyl (C=O) groups is 2.